The van der Waals surface area contributed by atoms with Gasteiger partial charge < -0.3 is 9.47 Å². The van der Waals surface area contributed by atoms with Crippen LogP contribution < -0.4 is 0 Å². The van der Waals surface area contributed by atoms with Crippen LogP contribution in [0, 0.1) is 0 Å². The minimum Gasteiger partial charge on any atom is -0.459 e. The van der Waals surface area contributed by atoms with E-state index in [1.807, 2.05) is 6.92 Å². The van der Waals surface area contributed by atoms with Crippen LogP contribution in [-0.2, 0) is 9.47 Å². The third kappa shape index (κ3) is 3.11. The third-order valence-electron chi connectivity index (χ3n) is 3.60. The summed E-state index contributed by atoms with van der Waals surface area (Å²) in [4.78, 5) is 12.0. The topological polar surface area (TPSA) is 66.2 Å². The number of esters is 1. The molecule has 1 aliphatic heterocycles. The van der Waals surface area contributed by atoms with Crippen LogP contribution in [0.4, 0.5) is 0 Å². The van der Waals surface area contributed by atoms with Crippen LogP contribution in [0.2, 0.25) is 0 Å². The molecule has 0 aliphatic carbocycles. The van der Waals surface area contributed by atoms with Gasteiger partial charge in [0.15, 0.2) is 0 Å². The lowest BCUT2D eigenvalue weighted by Crippen LogP contribution is -2.31. The first-order valence-corrected chi connectivity index (χ1v) is 6.94. The fourth-order valence-electron chi connectivity index (χ4n) is 2.35. The Labute approximate surface area is 122 Å². The van der Waals surface area contributed by atoms with E-state index in [1.165, 1.54) is 0 Å². The molecule has 1 aromatic heterocycles. The predicted molar refractivity (Wildman–Crippen MR) is 75.2 cm³/mol. The minimum absolute atomic E-state index is 0.288. The molecule has 0 amide bonds. The summed E-state index contributed by atoms with van der Waals surface area (Å²) >= 11 is 0. The largest absolute Gasteiger partial charge is 0.459 e. The lowest BCUT2D eigenvalue weighted by atomic mass is 10.0. The van der Waals surface area contributed by atoms with Crippen LogP contribution in [0.15, 0.2) is 36.7 Å². The van der Waals surface area contributed by atoms with Gasteiger partial charge in [0.2, 0.25) is 0 Å². The fraction of sp³-hybridized carbons (Fsp3) is 0.400. The van der Waals surface area contributed by atoms with Gasteiger partial charge in [0.05, 0.1) is 29.2 Å². The first kappa shape index (κ1) is 13.8. The molecule has 1 unspecified atom stereocenters. The summed E-state index contributed by atoms with van der Waals surface area (Å²) in [5.74, 6) is -0.336. The second-order valence-corrected chi connectivity index (χ2v) is 5.37. The van der Waals surface area contributed by atoms with Gasteiger partial charge in [0, 0.05) is 6.61 Å². The zero-order valence-electron chi connectivity index (χ0n) is 11.9. The monoisotopic (exact) mass is 287 g/mol. The van der Waals surface area contributed by atoms with E-state index >= 15 is 0 Å². The second kappa shape index (κ2) is 5.65. The molecule has 3 rings (SSSR count). The van der Waals surface area contributed by atoms with Crippen molar-refractivity contribution in [1.29, 1.82) is 0 Å². The molecule has 0 N–H and O–H groups in total. The molecular formula is C15H17N3O3. The molecule has 6 heteroatoms. The van der Waals surface area contributed by atoms with Crippen molar-refractivity contribution in [2.24, 2.45) is 0 Å². The van der Waals surface area contributed by atoms with Gasteiger partial charge in [-0.15, -0.1) is 5.10 Å². The Balaban J connectivity index is 1.62. The number of benzene rings is 1. The lowest BCUT2D eigenvalue weighted by molar-refractivity contribution is -0.0378. The van der Waals surface area contributed by atoms with Gasteiger partial charge in [0.25, 0.3) is 0 Å². The molecule has 2 aromatic rings. The maximum Gasteiger partial charge on any atom is 0.338 e. The number of hydrogen-bond acceptors (Lipinski definition) is 5. The Morgan fingerprint density at radius 3 is 2.86 bits per heavy atom. The number of nitrogens with zero attached hydrogens (tertiary/aromatic N) is 3. The van der Waals surface area contributed by atoms with Crippen molar-refractivity contribution >= 4 is 5.97 Å². The van der Waals surface area contributed by atoms with Crippen LogP contribution in [0.25, 0.3) is 5.69 Å². The highest BCUT2D eigenvalue weighted by atomic mass is 16.6. The van der Waals surface area contributed by atoms with Crippen molar-refractivity contribution in [3.63, 3.8) is 0 Å². The predicted octanol–water partition coefficient (Wildman–Crippen LogP) is 1.99. The van der Waals surface area contributed by atoms with Crippen LogP contribution in [0.3, 0.4) is 0 Å². The summed E-state index contributed by atoms with van der Waals surface area (Å²) in [7, 11) is 0. The maximum absolute atomic E-state index is 12.0. The molecule has 110 valence electrons. The Bertz CT molecular complexity index is 602. The van der Waals surface area contributed by atoms with Gasteiger partial charge in [-0.05, 0) is 44.0 Å². The molecule has 0 spiro atoms. The van der Waals surface area contributed by atoms with Crippen LogP contribution in [-0.4, -0.2) is 39.8 Å². The van der Waals surface area contributed by atoms with Gasteiger partial charge in [0.1, 0.15) is 6.61 Å². The van der Waals surface area contributed by atoms with Gasteiger partial charge in [-0.25, -0.2) is 9.48 Å². The number of carbonyl (C=O) groups excluding carboxylic acids is 1. The molecule has 2 heterocycles. The Morgan fingerprint density at radius 2 is 2.24 bits per heavy atom. The van der Waals surface area contributed by atoms with Gasteiger partial charge in [-0.3, -0.25) is 0 Å². The zero-order valence-corrected chi connectivity index (χ0v) is 11.9. The first-order chi connectivity index (χ1) is 10.2. The molecule has 0 bridgehead atoms. The second-order valence-electron chi connectivity index (χ2n) is 5.37. The summed E-state index contributed by atoms with van der Waals surface area (Å²) in [6.07, 6.45) is 5.28. The molecule has 1 saturated heterocycles. The molecule has 1 atom stereocenters. The van der Waals surface area contributed by atoms with Crippen LogP contribution >= 0.6 is 0 Å². The highest BCUT2D eigenvalue weighted by Crippen LogP contribution is 2.25. The van der Waals surface area contributed by atoms with Crippen molar-refractivity contribution in [2.75, 3.05) is 13.2 Å². The van der Waals surface area contributed by atoms with E-state index in [4.69, 9.17) is 9.47 Å². The van der Waals surface area contributed by atoms with E-state index in [9.17, 15) is 4.79 Å². The van der Waals surface area contributed by atoms with Crippen molar-refractivity contribution in [2.45, 2.75) is 25.4 Å². The van der Waals surface area contributed by atoms with Gasteiger partial charge >= 0.3 is 5.97 Å². The summed E-state index contributed by atoms with van der Waals surface area (Å²) < 4.78 is 12.6. The first-order valence-electron chi connectivity index (χ1n) is 6.94. The van der Waals surface area contributed by atoms with Crippen molar-refractivity contribution < 1.29 is 14.3 Å². The molecule has 0 radical (unpaired) electrons. The SMILES string of the molecule is CC1(COC(=O)c2ccc(-n3ccnn3)cc2)CCCO1. The molecule has 0 saturated carbocycles. The summed E-state index contributed by atoms with van der Waals surface area (Å²) in [5, 5.41) is 7.64. The molecule has 1 aliphatic rings. The number of aromatic nitrogens is 3. The number of rotatable bonds is 4. The van der Waals surface area contributed by atoms with Crippen molar-refractivity contribution in [1.82, 2.24) is 15.0 Å². The summed E-state index contributed by atoms with van der Waals surface area (Å²) in [5.41, 5.74) is 1.02. The van der Waals surface area contributed by atoms with E-state index in [-0.39, 0.29) is 18.2 Å². The highest BCUT2D eigenvalue weighted by molar-refractivity contribution is 5.89. The lowest BCUT2D eigenvalue weighted by Gasteiger charge is -2.22. The van der Waals surface area contributed by atoms with E-state index in [0.717, 1.165) is 25.1 Å². The van der Waals surface area contributed by atoms with Gasteiger partial charge in [-0.2, -0.15) is 0 Å². The van der Waals surface area contributed by atoms with E-state index in [1.54, 1.807) is 41.3 Å². The summed E-state index contributed by atoms with van der Waals surface area (Å²) in [6.45, 7) is 3.00. The molecule has 21 heavy (non-hydrogen) atoms. The molecule has 1 aromatic carbocycles. The number of hydrogen-bond donors (Lipinski definition) is 0. The maximum atomic E-state index is 12.0. The van der Waals surface area contributed by atoms with Crippen LogP contribution in [0.1, 0.15) is 30.1 Å². The number of carbonyl (C=O) groups is 1. The molecule has 6 nitrogen and oxygen atoms in total. The van der Waals surface area contributed by atoms with Gasteiger partial charge in [-0.1, -0.05) is 5.21 Å². The fourth-order valence-corrected chi connectivity index (χ4v) is 2.35. The third-order valence-corrected chi connectivity index (χ3v) is 3.60. The number of ether oxygens (including phenoxy) is 2. The Hall–Kier alpha value is -2.21. The average Bonchev–Trinajstić information content (AvgIpc) is 3.17. The highest BCUT2D eigenvalue weighted by Gasteiger charge is 2.31. The smallest absolute Gasteiger partial charge is 0.338 e. The van der Waals surface area contributed by atoms with E-state index in [0.29, 0.717) is 5.56 Å². The Morgan fingerprint density at radius 1 is 1.43 bits per heavy atom. The average molecular weight is 287 g/mol. The zero-order chi connectivity index (χ0) is 14.7. The van der Waals surface area contributed by atoms with E-state index < -0.39 is 0 Å². The van der Waals surface area contributed by atoms with Crippen LogP contribution in [0.5, 0.6) is 0 Å². The Kier molecular flexibility index (Phi) is 3.70. The van der Waals surface area contributed by atoms with Crippen molar-refractivity contribution in [3.8, 4) is 5.69 Å². The minimum atomic E-state index is -0.337. The van der Waals surface area contributed by atoms with Crippen molar-refractivity contribution in [3.05, 3.63) is 42.2 Å². The normalized spacial score (nSPS) is 21.4. The quantitative estimate of drug-likeness (QED) is 0.805. The standard InChI is InChI=1S/C15H17N3O3/c1-15(7-2-10-21-15)11-20-14(19)12-3-5-13(6-4-12)18-9-8-16-17-18/h3-6,8-9H,2,7,10-11H2,1H3. The van der Waals surface area contributed by atoms with E-state index in [2.05, 4.69) is 10.3 Å². The summed E-state index contributed by atoms with van der Waals surface area (Å²) in [6, 6.07) is 7.05. The molecular weight excluding hydrogens is 270 g/mol. The molecule has 1 fully saturated rings.